The van der Waals surface area contributed by atoms with Gasteiger partial charge in [0, 0.05) is 24.3 Å². The molecule has 25 heavy (non-hydrogen) atoms. The van der Waals surface area contributed by atoms with E-state index in [4.69, 9.17) is 4.74 Å². The van der Waals surface area contributed by atoms with Gasteiger partial charge in [0.15, 0.2) is 6.61 Å². The smallest absolute Gasteiger partial charge is 0.262 e. The first-order valence-electron chi connectivity index (χ1n) is 8.11. The van der Waals surface area contributed by atoms with Gasteiger partial charge in [-0.3, -0.25) is 9.59 Å². The summed E-state index contributed by atoms with van der Waals surface area (Å²) in [4.78, 5) is 25.8. The largest absolute Gasteiger partial charge is 0.484 e. The number of carbonyl (C=O) groups is 2. The fourth-order valence-corrected chi connectivity index (χ4v) is 2.27. The van der Waals surface area contributed by atoms with Crippen LogP contribution in [0.3, 0.4) is 0 Å². The van der Waals surface area contributed by atoms with Gasteiger partial charge in [-0.15, -0.1) is 0 Å². The van der Waals surface area contributed by atoms with Crippen LogP contribution in [0.1, 0.15) is 24.2 Å². The highest BCUT2D eigenvalue weighted by atomic mass is 19.1. The number of ether oxygens (including phenoxy) is 1. The van der Waals surface area contributed by atoms with Crippen molar-refractivity contribution in [3.8, 4) is 5.75 Å². The quantitative estimate of drug-likeness (QED) is 0.838. The second-order valence-electron chi connectivity index (χ2n) is 5.35. The van der Waals surface area contributed by atoms with Crippen LogP contribution in [0.5, 0.6) is 5.75 Å². The highest BCUT2D eigenvalue weighted by Gasteiger charge is 2.12. The molecule has 2 rings (SSSR count). The highest BCUT2D eigenvalue weighted by Crippen LogP contribution is 2.13. The number of carbonyl (C=O) groups excluding carboxylic acids is 2. The van der Waals surface area contributed by atoms with E-state index in [-0.39, 0.29) is 24.2 Å². The average Bonchev–Trinajstić information content (AvgIpc) is 2.63. The minimum atomic E-state index is -0.365. The Morgan fingerprint density at radius 1 is 1.00 bits per heavy atom. The number of nitrogens with zero attached hydrogens (tertiary/aromatic N) is 1. The van der Waals surface area contributed by atoms with E-state index in [1.165, 1.54) is 24.3 Å². The first-order valence-corrected chi connectivity index (χ1v) is 8.11. The van der Waals surface area contributed by atoms with E-state index in [1.54, 1.807) is 29.2 Å². The van der Waals surface area contributed by atoms with E-state index >= 15 is 0 Å². The van der Waals surface area contributed by atoms with E-state index in [0.717, 1.165) is 0 Å². The molecule has 2 aromatic rings. The molecule has 0 bridgehead atoms. The lowest BCUT2D eigenvalue weighted by molar-refractivity contribution is -0.118. The minimum absolute atomic E-state index is 0.0393. The van der Waals surface area contributed by atoms with Crippen molar-refractivity contribution in [2.75, 3.05) is 25.0 Å². The van der Waals surface area contributed by atoms with Gasteiger partial charge in [0.1, 0.15) is 11.6 Å². The normalized spacial score (nSPS) is 10.2. The van der Waals surface area contributed by atoms with Crippen molar-refractivity contribution >= 4 is 17.5 Å². The summed E-state index contributed by atoms with van der Waals surface area (Å²) in [6.07, 6.45) is 0. The SMILES string of the molecule is CCN(CC)C(=O)c1ccc(NC(=O)COc2ccc(F)cc2)cc1. The van der Waals surface area contributed by atoms with Crippen LogP contribution in [0.2, 0.25) is 0 Å². The third kappa shape index (κ3) is 5.31. The summed E-state index contributed by atoms with van der Waals surface area (Å²) in [6.45, 7) is 4.96. The van der Waals surface area contributed by atoms with Gasteiger partial charge in [0.25, 0.3) is 11.8 Å². The molecule has 2 amide bonds. The number of nitrogens with one attached hydrogen (secondary N) is 1. The number of amides is 2. The van der Waals surface area contributed by atoms with E-state index in [9.17, 15) is 14.0 Å². The second kappa shape index (κ2) is 8.82. The highest BCUT2D eigenvalue weighted by molar-refractivity contribution is 5.96. The molecule has 5 nitrogen and oxygen atoms in total. The average molecular weight is 344 g/mol. The Hall–Kier alpha value is -2.89. The lowest BCUT2D eigenvalue weighted by Gasteiger charge is -2.18. The van der Waals surface area contributed by atoms with Gasteiger partial charge >= 0.3 is 0 Å². The number of benzene rings is 2. The van der Waals surface area contributed by atoms with Crippen molar-refractivity contribution in [2.24, 2.45) is 0 Å². The van der Waals surface area contributed by atoms with E-state index in [2.05, 4.69) is 5.32 Å². The summed E-state index contributed by atoms with van der Waals surface area (Å²) in [6, 6.07) is 12.1. The van der Waals surface area contributed by atoms with Crippen LogP contribution in [-0.4, -0.2) is 36.4 Å². The first-order chi connectivity index (χ1) is 12.0. The predicted octanol–water partition coefficient (Wildman–Crippen LogP) is 3.33. The number of hydrogen-bond donors (Lipinski definition) is 1. The Labute approximate surface area is 146 Å². The molecule has 0 atom stereocenters. The maximum absolute atomic E-state index is 12.8. The van der Waals surface area contributed by atoms with Crippen molar-refractivity contribution in [3.63, 3.8) is 0 Å². The standard InChI is InChI=1S/C19H21FN2O3/c1-3-22(4-2)19(24)14-5-9-16(10-6-14)21-18(23)13-25-17-11-7-15(20)8-12-17/h5-12H,3-4,13H2,1-2H3,(H,21,23). The Morgan fingerprint density at radius 3 is 2.16 bits per heavy atom. The van der Waals surface area contributed by atoms with Gasteiger partial charge in [0.2, 0.25) is 0 Å². The second-order valence-corrected chi connectivity index (χ2v) is 5.35. The van der Waals surface area contributed by atoms with Crippen LogP contribution >= 0.6 is 0 Å². The van der Waals surface area contributed by atoms with Crippen molar-refractivity contribution < 1.29 is 18.7 Å². The first kappa shape index (κ1) is 18.4. The molecule has 132 valence electrons. The van der Waals surface area contributed by atoms with Crippen molar-refractivity contribution in [1.82, 2.24) is 4.90 Å². The Balaban J connectivity index is 1.88. The molecular weight excluding hydrogens is 323 g/mol. The molecule has 0 aromatic heterocycles. The van der Waals surface area contributed by atoms with Gasteiger partial charge in [-0.2, -0.15) is 0 Å². The van der Waals surface area contributed by atoms with Crippen LogP contribution in [0.25, 0.3) is 0 Å². The Morgan fingerprint density at radius 2 is 1.60 bits per heavy atom. The zero-order valence-electron chi connectivity index (χ0n) is 14.3. The van der Waals surface area contributed by atoms with Gasteiger partial charge in [-0.05, 0) is 62.4 Å². The van der Waals surface area contributed by atoms with Crippen LogP contribution in [0.4, 0.5) is 10.1 Å². The number of halogens is 1. The van der Waals surface area contributed by atoms with Gasteiger partial charge in [-0.25, -0.2) is 4.39 Å². The lowest BCUT2D eigenvalue weighted by Crippen LogP contribution is -2.30. The molecule has 0 saturated heterocycles. The molecular formula is C19H21FN2O3. The summed E-state index contributed by atoms with van der Waals surface area (Å²) in [7, 11) is 0. The maximum Gasteiger partial charge on any atom is 0.262 e. The zero-order chi connectivity index (χ0) is 18.2. The van der Waals surface area contributed by atoms with Crippen LogP contribution in [0.15, 0.2) is 48.5 Å². The molecule has 0 spiro atoms. The molecule has 0 aliphatic rings. The molecule has 0 aliphatic heterocycles. The third-order valence-corrected chi connectivity index (χ3v) is 3.65. The molecule has 0 fully saturated rings. The third-order valence-electron chi connectivity index (χ3n) is 3.65. The van der Waals surface area contributed by atoms with Gasteiger partial charge in [-0.1, -0.05) is 0 Å². The summed E-state index contributed by atoms with van der Waals surface area (Å²) >= 11 is 0. The predicted molar refractivity (Wildman–Crippen MR) is 94.2 cm³/mol. The topological polar surface area (TPSA) is 58.6 Å². The summed E-state index contributed by atoms with van der Waals surface area (Å²) in [5.41, 5.74) is 1.15. The van der Waals surface area contributed by atoms with Crippen molar-refractivity contribution in [2.45, 2.75) is 13.8 Å². The number of hydrogen-bond acceptors (Lipinski definition) is 3. The van der Waals surface area contributed by atoms with Crippen molar-refractivity contribution in [3.05, 3.63) is 59.9 Å². The number of rotatable bonds is 7. The molecule has 6 heteroatoms. The van der Waals surface area contributed by atoms with Crippen molar-refractivity contribution in [1.29, 1.82) is 0 Å². The summed E-state index contributed by atoms with van der Waals surface area (Å²) in [5, 5.41) is 2.68. The monoisotopic (exact) mass is 344 g/mol. The van der Waals surface area contributed by atoms with E-state index in [1.807, 2.05) is 13.8 Å². The van der Waals surface area contributed by atoms with Crippen LogP contribution < -0.4 is 10.1 Å². The van der Waals surface area contributed by atoms with E-state index < -0.39 is 0 Å². The lowest BCUT2D eigenvalue weighted by atomic mass is 10.2. The summed E-state index contributed by atoms with van der Waals surface area (Å²) in [5.74, 6) is -0.331. The number of anilines is 1. The fraction of sp³-hybridized carbons (Fsp3) is 0.263. The Bertz CT molecular complexity index is 710. The molecule has 1 N–H and O–H groups in total. The van der Waals surface area contributed by atoms with Crippen LogP contribution in [-0.2, 0) is 4.79 Å². The van der Waals surface area contributed by atoms with E-state index in [0.29, 0.717) is 30.1 Å². The molecule has 0 saturated carbocycles. The molecule has 0 radical (unpaired) electrons. The Kier molecular flexibility index (Phi) is 6.51. The van der Waals surface area contributed by atoms with Gasteiger partial charge in [0.05, 0.1) is 0 Å². The molecule has 2 aromatic carbocycles. The molecule has 0 heterocycles. The maximum atomic E-state index is 12.8. The molecule has 0 unspecified atom stereocenters. The zero-order valence-corrected chi connectivity index (χ0v) is 14.3. The molecule has 0 aliphatic carbocycles. The van der Waals surface area contributed by atoms with Gasteiger partial charge < -0.3 is 15.0 Å². The fourth-order valence-electron chi connectivity index (χ4n) is 2.27. The minimum Gasteiger partial charge on any atom is -0.484 e. The summed E-state index contributed by atoms with van der Waals surface area (Å²) < 4.78 is 18.1. The van der Waals surface area contributed by atoms with Crippen LogP contribution in [0, 0.1) is 5.82 Å².